The highest BCUT2D eigenvalue weighted by atomic mass is 28.4. The van der Waals surface area contributed by atoms with Crippen LogP contribution in [0.1, 0.15) is 12.8 Å². The molecule has 3 heteroatoms. The summed E-state index contributed by atoms with van der Waals surface area (Å²) in [7, 11) is -1.36. The number of hydrogen-bond acceptors (Lipinski definition) is 2. The molecule has 0 atom stereocenters. The summed E-state index contributed by atoms with van der Waals surface area (Å²) in [6.07, 6.45) is 2.48. The van der Waals surface area contributed by atoms with Crippen molar-refractivity contribution in [3.8, 4) is 0 Å². The van der Waals surface area contributed by atoms with Crippen LogP contribution in [-0.4, -0.2) is 21.2 Å². The number of aldehydes is 1. The average molecular weight is 186 g/mol. The van der Waals surface area contributed by atoms with Crippen LogP contribution in [0.5, 0.6) is 0 Å². The lowest BCUT2D eigenvalue weighted by atomic mass is 10.2. The maximum atomic E-state index is 10.2. The van der Waals surface area contributed by atoms with Crippen molar-refractivity contribution in [1.82, 2.24) is 0 Å². The molecule has 0 fully saturated rings. The van der Waals surface area contributed by atoms with Crippen molar-refractivity contribution in [3.63, 3.8) is 0 Å². The van der Waals surface area contributed by atoms with Crippen molar-refractivity contribution in [1.29, 1.82) is 0 Å². The smallest absolute Gasteiger partial charge is 0.183 e. The molecule has 0 radical (unpaired) electrons. The quantitative estimate of drug-likeness (QED) is 0.275. The Morgan fingerprint density at radius 2 is 2.08 bits per heavy atom. The summed E-state index contributed by atoms with van der Waals surface area (Å²) in [6.45, 7) is 10.8. The third-order valence-electron chi connectivity index (χ3n) is 1.34. The van der Waals surface area contributed by atoms with Gasteiger partial charge < -0.3 is 4.43 Å². The van der Waals surface area contributed by atoms with Crippen LogP contribution in [0.2, 0.25) is 19.6 Å². The van der Waals surface area contributed by atoms with Crippen LogP contribution in [0.15, 0.2) is 12.2 Å². The molecule has 70 valence electrons. The maximum Gasteiger partial charge on any atom is 0.183 e. The van der Waals surface area contributed by atoms with Gasteiger partial charge in [0.2, 0.25) is 0 Å². The summed E-state index contributed by atoms with van der Waals surface area (Å²) in [5, 5.41) is 0. The second-order valence-corrected chi connectivity index (χ2v) is 8.35. The number of carbonyl (C=O) groups excluding carboxylic acids is 1. The molecule has 0 aliphatic carbocycles. The molecular formula is C9H18O2Si. The zero-order valence-corrected chi connectivity index (χ0v) is 9.22. The van der Waals surface area contributed by atoms with Crippen LogP contribution < -0.4 is 0 Å². The van der Waals surface area contributed by atoms with Crippen LogP contribution in [0.4, 0.5) is 0 Å². The van der Waals surface area contributed by atoms with Crippen molar-refractivity contribution < 1.29 is 9.22 Å². The monoisotopic (exact) mass is 186 g/mol. The normalized spacial score (nSPS) is 11.2. The highest BCUT2D eigenvalue weighted by molar-refractivity contribution is 6.69. The van der Waals surface area contributed by atoms with E-state index in [1.54, 1.807) is 0 Å². The first-order chi connectivity index (χ1) is 5.45. The summed E-state index contributed by atoms with van der Waals surface area (Å²) in [5.74, 6) is 0. The lowest BCUT2D eigenvalue weighted by Gasteiger charge is -2.16. The number of carbonyl (C=O) groups is 1. The first kappa shape index (κ1) is 11.6. The predicted molar refractivity (Wildman–Crippen MR) is 53.7 cm³/mol. The van der Waals surface area contributed by atoms with E-state index in [1.165, 1.54) is 0 Å². The minimum absolute atomic E-state index is 0.661. The first-order valence-electron chi connectivity index (χ1n) is 4.22. The van der Waals surface area contributed by atoms with Crippen molar-refractivity contribution >= 4 is 14.6 Å². The van der Waals surface area contributed by atoms with Gasteiger partial charge in [0.1, 0.15) is 6.29 Å². The Kier molecular flexibility index (Phi) is 5.09. The van der Waals surface area contributed by atoms with Gasteiger partial charge in [-0.2, -0.15) is 0 Å². The minimum atomic E-state index is -1.36. The molecule has 0 bridgehead atoms. The van der Waals surface area contributed by atoms with E-state index in [0.717, 1.165) is 25.7 Å². The van der Waals surface area contributed by atoms with Gasteiger partial charge in [0, 0.05) is 6.61 Å². The second kappa shape index (κ2) is 5.27. The molecule has 0 saturated carbocycles. The van der Waals surface area contributed by atoms with Crippen LogP contribution in [-0.2, 0) is 9.22 Å². The molecule has 0 rings (SSSR count). The van der Waals surface area contributed by atoms with Gasteiger partial charge in [-0.1, -0.05) is 6.58 Å². The van der Waals surface area contributed by atoms with Crippen LogP contribution >= 0.6 is 0 Å². The highest BCUT2D eigenvalue weighted by Gasteiger charge is 2.12. The summed E-state index contributed by atoms with van der Waals surface area (Å²) < 4.78 is 5.61. The molecule has 0 spiro atoms. The van der Waals surface area contributed by atoms with Gasteiger partial charge in [0.15, 0.2) is 8.32 Å². The molecule has 0 N–H and O–H groups in total. The second-order valence-electron chi connectivity index (χ2n) is 3.84. The van der Waals surface area contributed by atoms with Crippen molar-refractivity contribution in [2.75, 3.05) is 6.61 Å². The minimum Gasteiger partial charge on any atom is -0.418 e. The Hall–Kier alpha value is -0.413. The Balaban J connectivity index is 3.34. The number of hydrogen-bond donors (Lipinski definition) is 0. The van der Waals surface area contributed by atoms with E-state index in [0.29, 0.717) is 5.57 Å². The van der Waals surface area contributed by atoms with E-state index in [9.17, 15) is 4.79 Å². The van der Waals surface area contributed by atoms with E-state index in [4.69, 9.17) is 4.43 Å². The zero-order chi connectivity index (χ0) is 9.61. The van der Waals surface area contributed by atoms with E-state index in [2.05, 4.69) is 26.2 Å². The van der Waals surface area contributed by atoms with Crippen molar-refractivity contribution in [2.24, 2.45) is 0 Å². The van der Waals surface area contributed by atoms with E-state index in [-0.39, 0.29) is 0 Å². The fourth-order valence-corrected chi connectivity index (χ4v) is 1.49. The van der Waals surface area contributed by atoms with E-state index < -0.39 is 8.32 Å². The molecule has 0 aromatic carbocycles. The molecule has 0 unspecified atom stereocenters. The Labute approximate surface area is 75.7 Å². The van der Waals surface area contributed by atoms with Gasteiger partial charge in [0.25, 0.3) is 0 Å². The number of allylic oxidation sites excluding steroid dienone is 1. The van der Waals surface area contributed by atoms with Gasteiger partial charge in [-0.25, -0.2) is 0 Å². The molecule has 12 heavy (non-hydrogen) atoms. The summed E-state index contributed by atoms with van der Waals surface area (Å²) in [5.41, 5.74) is 0.661. The third-order valence-corrected chi connectivity index (χ3v) is 2.41. The topological polar surface area (TPSA) is 26.3 Å². The summed E-state index contributed by atoms with van der Waals surface area (Å²) in [6, 6.07) is 0. The van der Waals surface area contributed by atoms with Crippen molar-refractivity contribution in [2.45, 2.75) is 32.5 Å². The zero-order valence-electron chi connectivity index (χ0n) is 8.22. The Morgan fingerprint density at radius 3 is 2.50 bits per heavy atom. The van der Waals surface area contributed by atoms with Crippen LogP contribution in [0.25, 0.3) is 0 Å². The molecule has 0 aliphatic rings. The van der Waals surface area contributed by atoms with Crippen LogP contribution in [0.3, 0.4) is 0 Å². The lowest BCUT2D eigenvalue weighted by molar-refractivity contribution is -0.105. The Morgan fingerprint density at radius 1 is 1.50 bits per heavy atom. The van der Waals surface area contributed by atoms with Crippen LogP contribution in [0, 0.1) is 0 Å². The van der Waals surface area contributed by atoms with Gasteiger partial charge in [0.05, 0.1) is 0 Å². The van der Waals surface area contributed by atoms with Crippen molar-refractivity contribution in [3.05, 3.63) is 12.2 Å². The predicted octanol–water partition coefficient (Wildman–Crippen LogP) is 2.37. The Bertz CT molecular complexity index is 158. The fraction of sp³-hybridized carbons (Fsp3) is 0.667. The molecule has 0 aromatic rings. The first-order valence-corrected chi connectivity index (χ1v) is 7.63. The van der Waals surface area contributed by atoms with Gasteiger partial charge in [-0.05, 0) is 38.1 Å². The largest absolute Gasteiger partial charge is 0.418 e. The summed E-state index contributed by atoms with van der Waals surface area (Å²) >= 11 is 0. The summed E-state index contributed by atoms with van der Waals surface area (Å²) in [4.78, 5) is 10.2. The average Bonchev–Trinajstić information content (AvgIpc) is 1.96. The molecule has 0 aliphatic heterocycles. The number of rotatable bonds is 6. The van der Waals surface area contributed by atoms with Gasteiger partial charge in [-0.15, -0.1) is 0 Å². The SMILES string of the molecule is C=C(C=O)CCCO[Si](C)(C)C. The molecular weight excluding hydrogens is 168 g/mol. The third kappa shape index (κ3) is 7.69. The maximum absolute atomic E-state index is 10.2. The molecule has 0 saturated heterocycles. The lowest BCUT2D eigenvalue weighted by Crippen LogP contribution is -2.25. The molecule has 0 aromatic heterocycles. The fourth-order valence-electron chi connectivity index (χ4n) is 0.737. The van der Waals surface area contributed by atoms with Gasteiger partial charge >= 0.3 is 0 Å². The van der Waals surface area contributed by atoms with E-state index >= 15 is 0 Å². The molecule has 2 nitrogen and oxygen atoms in total. The van der Waals surface area contributed by atoms with E-state index in [1.807, 2.05) is 0 Å². The van der Waals surface area contributed by atoms with Gasteiger partial charge in [-0.3, -0.25) is 4.79 Å². The standard InChI is InChI=1S/C9H18O2Si/c1-9(8-10)6-5-7-11-12(2,3)4/h8H,1,5-7H2,2-4H3. The molecule has 0 amide bonds. The molecule has 0 heterocycles. The highest BCUT2D eigenvalue weighted by Crippen LogP contribution is 2.05.